The van der Waals surface area contributed by atoms with Crippen molar-refractivity contribution in [3.8, 4) is 0 Å². The molecule has 5 rings (SSSR count). The Labute approximate surface area is 216 Å². The smallest absolute Gasteiger partial charge is 0.252 e. The van der Waals surface area contributed by atoms with Crippen molar-refractivity contribution in [2.24, 2.45) is 0 Å². The van der Waals surface area contributed by atoms with Crippen molar-refractivity contribution in [1.82, 2.24) is 30.1 Å². The van der Waals surface area contributed by atoms with Gasteiger partial charge in [0, 0.05) is 24.2 Å². The van der Waals surface area contributed by atoms with Crippen molar-refractivity contribution in [3.05, 3.63) is 123 Å². The van der Waals surface area contributed by atoms with Gasteiger partial charge in [0.05, 0.1) is 12.6 Å². The first-order valence-electron chi connectivity index (χ1n) is 12.7. The molecule has 0 saturated heterocycles. The molecule has 2 heterocycles. The van der Waals surface area contributed by atoms with Crippen LogP contribution in [0.15, 0.2) is 83.7 Å². The lowest BCUT2D eigenvalue weighted by Crippen LogP contribution is -2.32. The van der Waals surface area contributed by atoms with Crippen molar-refractivity contribution in [2.45, 2.75) is 52.9 Å². The Balaban J connectivity index is 1.52. The number of pyridine rings is 1. The molecule has 0 saturated carbocycles. The van der Waals surface area contributed by atoms with E-state index in [1.807, 2.05) is 53.2 Å². The number of nitrogens with one attached hydrogen (secondary N) is 1. The fraction of sp³-hybridized carbons (Fsp3) is 0.267. The molecular weight excluding hydrogens is 460 g/mol. The monoisotopic (exact) mass is 492 g/mol. The molecule has 0 spiro atoms. The second kappa shape index (κ2) is 10.9. The average molecular weight is 493 g/mol. The van der Waals surface area contributed by atoms with Crippen LogP contribution in [0, 0.1) is 13.8 Å². The molecule has 0 radical (unpaired) electrons. The summed E-state index contributed by atoms with van der Waals surface area (Å²) in [5, 5.41) is 13.8. The number of nitrogens with zero attached hydrogens (tertiary/aromatic N) is 5. The van der Waals surface area contributed by atoms with Crippen LogP contribution >= 0.6 is 0 Å². The minimum Gasteiger partial charge on any atom is -0.322 e. The largest absolute Gasteiger partial charge is 0.322 e. The molecule has 0 aliphatic rings. The molecule has 0 bridgehead atoms. The Bertz CT molecular complexity index is 1540. The molecule has 1 N–H and O–H groups in total. The lowest BCUT2D eigenvalue weighted by molar-refractivity contribution is 0.161. The zero-order valence-electron chi connectivity index (χ0n) is 21.6. The summed E-state index contributed by atoms with van der Waals surface area (Å²) in [5.74, 6) is 0.797. The summed E-state index contributed by atoms with van der Waals surface area (Å²) in [7, 11) is 0. The Morgan fingerprint density at radius 2 is 1.57 bits per heavy atom. The minimum absolute atomic E-state index is 0.0625. The standard InChI is InChI=1S/C30H32N6O/c1-4-28(29-32-33-34-36(29)19-24-13-9-6-10-14-24)35(18-23-11-7-5-8-12-23)20-26-17-25-15-21(2)22(3)16-27(25)31-30(26)37/h5-17,28H,4,18-20H2,1-3H3,(H,31,37)/t28-/m1/s1. The van der Waals surface area contributed by atoms with E-state index in [9.17, 15) is 4.79 Å². The summed E-state index contributed by atoms with van der Waals surface area (Å²) >= 11 is 0. The topological polar surface area (TPSA) is 79.7 Å². The normalized spacial score (nSPS) is 12.3. The molecule has 188 valence electrons. The fourth-order valence-electron chi connectivity index (χ4n) is 4.88. The van der Waals surface area contributed by atoms with Gasteiger partial charge in [-0.3, -0.25) is 9.69 Å². The molecule has 37 heavy (non-hydrogen) atoms. The number of aromatic amines is 1. The molecule has 7 nitrogen and oxygen atoms in total. The summed E-state index contributed by atoms with van der Waals surface area (Å²) in [6.07, 6.45) is 0.797. The Morgan fingerprint density at radius 1 is 0.892 bits per heavy atom. The Hall–Kier alpha value is -4.10. The molecule has 5 aromatic rings. The number of fused-ring (bicyclic) bond motifs is 1. The van der Waals surface area contributed by atoms with Gasteiger partial charge in [-0.15, -0.1) is 5.10 Å². The van der Waals surface area contributed by atoms with Crippen LogP contribution in [-0.2, 0) is 19.6 Å². The third kappa shape index (κ3) is 5.52. The number of H-pyrrole nitrogens is 1. The maximum Gasteiger partial charge on any atom is 0.252 e. The van der Waals surface area contributed by atoms with E-state index in [1.54, 1.807) is 0 Å². The van der Waals surface area contributed by atoms with Crippen molar-refractivity contribution in [1.29, 1.82) is 0 Å². The van der Waals surface area contributed by atoms with E-state index < -0.39 is 0 Å². The molecule has 0 unspecified atom stereocenters. The molecule has 2 aromatic heterocycles. The van der Waals surface area contributed by atoms with Gasteiger partial charge in [0.25, 0.3) is 5.56 Å². The van der Waals surface area contributed by atoms with Crippen LogP contribution in [0.3, 0.4) is 0 Å². The van der Waals surface area contributed by atoms with Gasteiger partial charge in [0.15, 0.2) is 5.82 Å². The number of rotatable bonds is 9. The lowest BCUT2D eigenvalue weighted by Gasteiger charge is -2.30. The van der Waals surface area contributed by atoms with E-state index in [2.05, 4.69) is 76.5 Å². The number of benzene rings is 3. The lowest BCUT2D eigenvalue weighted by atomic mass is 10.0. The van der Waals surface area contributed by atoms with Crippen molar-refractivity contribution < 1.29 is 0 Å². The second-order valence-electron chi connectivity index (χ2n) is 9.64. The molecule has 0 amide bonds. The minimum atomic E-state index is -0.0752. The Morgan fingerprint density at radius 3 is 2.27 bits per heavy atom. The first-order valence-corrected chi connectivity index (χ1v) is 12.7. The highest BCUT2D eigenvalue weighted by Gasteiger charge is 2.26. The van der Waals surface area contributed by atoms with E-state index in [4.69, 9.17) is 0 Å². The molecular formula is C30H32N6O. The van der Waals surface area contributed by atoms with E-state index in [-0.39, 0.29) is 11.6 Å². The van der Waals surface area contributed by atoms with Crippen LogP contribution in [0.4, 0.5) is 0 Å². The number of aromatic nitrogens is 5. The van der Waals surface area contributed by atoms with Crippen LogP contribution in [0.25, 0.3) is 10.9 Å². The number of hydrogen-bond acceptors (Lipinski definition) is 5. The zero-order valence-corrected chi connectivity index (χ0v) is 21.6. The Kier molecular flexibility index (Phi) is 7.23. The number of tetrazole rings is 1. The summed E-state index contributed by atoms with van der Waals surface area (Å²) in [6, 6.07) is 26.7. The van der Waals surface area contributed by atoms with E-state index in [1.165, 1.54) is 11.1 Å². The van der Waals surface area contributed by atoms with E-state index in [0.29, 0.717) is 19.6 Å². The van der Waals surface area contributed by atoms with Gasteiger partial charge in [-0.25, -0.2) is 4.68 Å². The van der Waals surface area contributed by atoms with E-state index >= 15 is 0 Å². The van der Waals surface area contributed by atoms with Crippen LogP contribution in [0.2, 0.25) is 0 Å². The molecule has 0 aliphatic carbocycles. The first-order chi connectivity index (χ1) is 18.0. The third-order valence-electron chi connectivity index (χ3n) is 7.00. The van der Waals surface area contributed by atoms with Gasteiger partial charge in [-0.2, -0.15) is 0 Å². The number of aryl methyl sites for hydroxylation is 2. The second-order valence-corrected chi connectivity index (χ2v) is 9.64. The van der Waals surface area contributed by atoms with Crippen LogP contribution < -0.4 is 5.56 Å². The highest BCUT2D eigenvalue weighted by molar-refractivity contribution is 5.80. The highest BCUT2D eigenvalue weighted by atomic mass is 16.1. The van der Waals surface area contributed by atoms with Crippen LogP contribution in [0.5, 0.6) is 0 Å². The number of hydrogen-bond donors (Lipinski definition) is 1. The summed E-state index contributed by atoms with van der Waals surface area (Å²) in [6.45, 7) is 8.04. The van der Waals surface area contributed by atoms with Gasteiger partial charge in [-0.05, 0) is 76.5 Å². The predicted molar refractivity (Wildman–Crippen MR) is 146 cm³/mol. The third-order valence-corrected chi connectivity index (χ3v) is 7.00. The summed E-state index contributed by atoms with van der Waals surface area (Å²) in [5.41, 5.74) is 6.21. The molecule has 7 heteroatoms. The summed E-state index contributed by atoms with van der Waals surface area (Å²) in [4.78, 5) is 18.6. The molecule has 0 fully saturated rings. The maximum absolute atomic E-state index is 13.2. The molecule has 0 aliphatic heterocycles. The van der Waals surface area contributed by atoms with Crippen molar-refractivity contribution in [2.75, 3.05) is 0 Å². The van der Waals surface area contributed by atoms with Gasteiger partial charge in [0.1, 0.15) is 0 Å². The van der Waals surface area contributed by atoms with Crippen LogP contribution in [-0.4, -0.2) is 30.1 Å². The van der Waals surface area contributed by atoms with Crippen molar-refractivity contribution >= 4 is 10.9 Å². The fourth-order valence-corrected chi connectivity index (χ4v) is 4.88. The van der Waals surface area contributed by atoms with Crippen molar-refractivity contribution in [3.63, 3.8) is 0 Å². The van der Waals surface area contributed by atoms with Crippen LogP contribution in [0.1, 0.15) is 53.0 Å². The predicted octanol–water partition coefficient (Wildman–Crippen LogP) is 5.33. The van der Waals surface area contributed by atoms with Gasteiger partial charge in [0.2, 0.25) is 0 Å². The van der Waals surface area contributed by atoms with Gasteiger partial charge in [-0.1, -0.05) is 67.6 Å². The average Bonchev–Trinajstić information content (AvgIpc) is 3.35. The van der Waals surface area contributed by atoms with Gasteiger partial charge < -0.3 is 4.98 Å². The maximum atomic E-state index is 13.2. The first kappa shape index (κ1) is 24.6. The molecule has 3 aromatic carbocycles. The molecule has 1 atom stereocenters. The van der Waals surface area contributed by atoms with E-state index in [0.717, 1.165) is 39.8 Å². The highest BCUT2D eigenvalue weighted by Crippen LogP contribution is 2.27. The zero-order chi connectivity index (χ0) is 25.8. The SMILES string of the molecule is CC[C@H](c1nnnn1Cc1ccccc1)N(Cc1ccccc1)Cc1cc2cc(C)c(C)cc2[nH]c1=O. The summed E-state index contributed by atoms with van der Waals surface area (Å²) < 4.78 is 1.87. The quantitative estimate of drug-likeness (QED) is 0.301. The van der Waals surface area contributed by atoms with Gasteiger partial charge >= 0.3 is 0 Å².